The summed E-state index contributed by atoms with van der Waals surface area (Å²) < 4.78 is 0. The van der Waals surface area contributed by atoms with E-state index in [0.29, 0.717) is 12.2 Å². The average Bonchev–Trinajstić information content (AvgIpc) is 2.32. The fraction of sp³-hybridized carbons (Fsp3) is 0.583. The molecule has 1 aromatic rings. The number of hydrogen-bond donors (Lipinski definition) is 2. The molecule has 1 fully saturated rings. The predicted octanol–water partition coefficient (Wildman–Crippen LogP) is 0.614. The number of thioether (sulfide) groups is 1. The summed E-state index contributed by atoms with van der Waals surface area (Å²) in [4.78, 5) is 6.27. The lowest BCUT2D eigenvalue weighted by Crippen LogP contribution is -2.47. The van der Waals surface area contributed by atoms with Gasteiger partial charge < -0.3 is 10.8 Å². The largest absolute Gasteiger partial charge is 0.391 e. The normalized spacial score (nSPS) is 23.5. The second-order valence-electron chi connectivity index (χ2n) is 4.44. The van der Waals surface area contributed by atoms with Crippen LogP contribution in [0.2, 0.25) is 0 Å². The fourth-order valence-electron chi connectivity index (χ4n) is 2.10. The zero-order chi connectivity index (χ0) is 12.3. The predicted molar refractivity (Wildman–Crippen MR) is 72.1 cm³/mol. The summed E-state index contributed by atoms with van der Waals surface area (Å²) in [6.07, 6.45) is 1.88. The number of nitrogens with zero attached hydrogens (tertiary/aromatic N) is 2. The van der Waals surface area contributed by atoms with Crippen LogP contribution >= 0.6 is 11.8 Å². The molecule has 2 atom stereocenters. The Labute approximate surface area is 106 Å². The van der Waals surface area contributed by atoms with Crippen LogP contribution in [0.5, 0.6) is 0 Å². The highest BCUT2D eigenvalue weighted by molar-refractivity contribution is 7.99. The first-order valence-electron chi connectivity index (χ1n) is 5.84. The van der Waals surface area contributed by atoms with E-state index in [-0.39, 0.29) is 12.1 Å². The van der Waals surface area contributed by atoms with Crippen LogP contribution in [0.25, 0.3) is 0 Å². The summed E-state index contributed by atoms with van der Waals surface area (Å²) in [5.41, 5.74) is 6.73. The van der Waals surface area contributed by atoms with Crippen LogP contribution in [0, 0.1) is 0 Å². The van der Waals surface area contributed by atoms with Crippen molar-refractivity contribution in [3.8, 4) is 0 Å². The van der Waals surface area contributed by atoms with Crippen molar-refractivity contribution in [2.45, 2.75) is 18.6 Å². The molecule has 0 aromatic carbocycles. The second-order valence-corrected chi connectivity index (χ2v) is 5.59. The van der Waals surface area contributed by atoms with Gasteiger partial charge in [0.05, 0.1) is 6.10 Å². The number of likely N-dealkylation sites (N-methyl/N-ethyl adjacent to an activating group) is 1. The zero-order valence-electron chi connectivity index (χ0n) is 10.0. The van der Waals surface area contributed by atoms with Gasteiger partial charge >= 0.3 is 0 Å². The minimum atomic E-state index is -0.376. The van der Waals surface area contributed by atoms with Crippen LogP contribution in [0.15, 0.2) is 18.3 Å². The Morgan fingerprint density at radius 3 is 3.24 bits per heavy atom. The highest BCUT2D eigenvalue weighted by atomic mass is 32.2. The molecule has 17 heavy (non-hydrogen) atoms. The van der Waals surface area contributed by atoms with E-state index < -0.39 is 0 Å². The average molecular weight is 253 g/mol. The van der Waals surface area contributed by atoms with Gasteiger partial charge in [0.2, 0.25) is 0 Å². The Hall–Kier alpha value is -0.780. The SMILES string of the molecule is CN1CCSCC1C(O)Cc1cccnc1N. The van der Waals surface area contributed by atoms with Crippen molar-refractivity contribution in [3.63, 3.8) is 0 Å². The highest BCUT2D eigenvalue weighted by Gasteiger charge is 2.26. The van der Waals surface area contributed by atoms with Crippen molar-refractivity contribution >= 4 is 17.6 Å². The molecule has 0 spiro atoms. The summed E-state index contributed by atoms with van der Waals surface area (Å²) in [7, 11) is 2.07. The number of aliphatic hydroxyl groups excluding tert-OH is 1. The van der Waals surface area contributed by atoms with Crippen molar-refractivity contribution in [1.29, 1.82) is 0 Å². The van der Waals surface area contributed by atoms with Gasteiger partial charge in [-0.3, -0.25) is 4.90 Å². The Morgan fingerprint density at radius 2 is 2.53 bits per heavy atom. The number of aliphatic hydroxyl groups is 1. The number of rotatable bonds is 3. The van der Waals surface area contributed by atoms with Crippen LogP contribution in [-0.2, 0) is 6.42 Å². The summed E-state index contributed by atoms with van der Waals surface area (Å²) in [6.45, 7) is 1.04. The van der Waals surface area contributed by atoms with E-state index in [2.05, 4.69) is 16.9 Å². The molecule has 1 aliphatic rings. The van der Waals surface area contributed by atoms with Gasteiger partial charge in [0.25, 0.3) is 0 Å². The van der Waals surface area contributed by atoms with Crippen molar-refractivity contribution in [2.24, 2.45) is 0 Å². The first-order chi connectivity index (χ1) is 8.18. The van der Waals surface area contributed by atoms with Gasteiger partial charge in [0.1, 0.15) is 5.82 Å². The number of hydrogen-bond acceptors (Lipinski definition) is 5. The van der Waals surface area contributed by atoms with Crippen molar-refractivity contribution in [1.82, 2.24) is 9.88 Å². The van der Waals surface area contributed by atoms with E-state index in [1.165, 1.54) is 0 Å². The summed E-state index contributed by atoms with van der Waals surface area (Å²) in [5, 5.41) is 10.3. The maximum Gasteiger partial charge on any atom is 0.126 e. The van der Waals surface area contributed by atoms with Crippen molar-refractivity contribution in [2.75, 3.05) is 30.8 Å². The van der Waals surface area contributed by atoms with Gasteiger partial charge in [0, 0.05) is 36.7 Å². The molecule has 5 heteroatoms. The molecule has 0 aliphatic carbocycles. The molecule has 2 heterocycles. The monoisotopic (exact) mass is 253 g/mol. The first kappa shape index (κ1) is 12.7. The molecule has 1 aromatic heterocycles. The molecule has 3 N–H and O–H groups in total. The molecule has 94 valence electrons. The third-order valence-corrected chi connectivity index (χ3v) is 4.29. The molecular weight excluding hydrogens is 234 g/mol. The Bertz CT molecular complexity index is 375. The molecular formula is C12H19N3OS. The van der Waals surface area contributed by atoms with Gasteiger partial charge in [-0.05, 0) is 18.7 Å². The Morgan fingerprint density at radius 1 is 1.71 bits per heavy atom. The number of aromatic nitrogens is 1. The maximum atomic E-state index is 10.3. The van der Waals surface area contributed by atoms with E-state index in [0.717, 1.165) is 23.6 Å². The lowest BCUT2D eigenvalue weighted by Gasteiger charge is -2.35. The van der Waals surface area contributed by atoms with Crippen LogP contribution in [-0.4, -0.2) is 52.2 Å². The van der Waals surface area contributed by atoms with Crippen LogP contribution in [0.4, 0.5) is 5.82 Å². The third kappa shape index (κ3) is 3.12. The van der Waals surface area contributed by atoms with Gasteiger partial charge in [-0.25, -0.2) is 4.98 Å². The van der Waals surface area contributed by atoms with Gasteiger partial charge in [-0.15, -0.1) is 0 Å². The van der Waals surface area contributed by atoms with Crippen molar-refractivity contribution in [3.05, 3.63) is 23.9 Å². The third-order valence-electron chi connectivity index (χ3n) is 3.24. The molecule has 2 rings (SSSR count). The standard InChI is InChI=1S/C12H19N3OS/c1-15-5-6-17-8-10(15)11(16)7-9-3-2-4-14-12(9)13/h2-4,10-11,16H,5-8H2,1H3,(H2,13,14). The molecule has 1 saturated heterocycles. The quantitative estimate of drug-likeness (QED) is 0.826. The molecule has 0 bridgehead atoms. The van der Waals surface area contributed by atoms with Crippen molar-refractivity contribution < 1.29 is 5.11 Å². The van der Waals surface area contributed by atoms with Crippen LogP contribution < -0.4 is 5.73 Å². The second kappa shape index (κ2) is 5.71. The highest BCUT2D eigenvalue weighted by Crippen LogP contribution is 2.20. The summed E-state index contributed by atoms with van der Waals surface area (Å²) in [6, 6.07) is 4.01. The van der Waals surface area contributed by atoms with E-state index >= 15 is 0 Å². The number of anilines is 1. The minimum Gasteiger partial charge on any atom is -0.391 e. The van der Waals surface area contributed by atoms with E-state index in [1.807, 2.05) is 23.9 Å². The molecule has 0 amide bonds. The Balaban J connectivity index is 2.01. The number of pyridine rings is 1. The molecule has 1 aliphatic heterocycles. The number of nitrogens with two attached hydrogens (primary N) is 1. The molecule has 0 saturated carbocycles. The lowest BCUT2D eigenvalue weighted by molar-refractivity contribution is 0.0764. The molecule has 4 nitrogen and oxygen atoms in total. The van der Waals surface area contributed by atoms with Gasteiger partial charge in [-0.1, -0.05) is 6.07 Å². The summed E-state index contributed by atoms with van der Waals surface area (Å²) in [5.74, 6) is 2.66. The van der Waals surface area contributed by atoms with Crippen LogP contribution in [0.3, 0.4) is 0 Å². The van der Waals surface area contributed by atoms with Crippen LogP contribution in [0.1, 0.15) is 5.56 Å². The van der Waals surface area contributed by atoms with Gasteiger partial charge in [0.15, 0.2) is 0 Å². The van der Waals surface area contributed by atoms with Gasteiger partial charge in [-0.2, -0.15) is 11.8 Å². The van der Waals surface area contributed by atoms with E-state index in [1.54, 1.807) is 6.20 Å². The van der Waals surface area contributed by atoms with E-state index in [9.17, 15) is 5.11 Å². The first-order valence-corrected chi connectivity index (χ1v) is 6.99. The lowest BCUT2D eigenvalue weighted by atomic mass is 10.0. The minimum absolute atomic E-state index is 0.216. The number of nitrogen functional groups attached to an aromatic ring is 1. The summed E-state index contributed by atoms with van der Waals surface area (Å²) >= 11 is 1.90. The smallest absolute Gasteiger partial charge is 0.126 e. The zero-order valence-corrected chi connectivity index (χ0v) is 10.9. The molecule has 0 radical (unpaired) electrons. The van der Waals surface area contributed by atoms with E-state index in [4.69, 9.17) is 5.73 Å². The topological polar surface area (TPSA) is 62.4 Å². The molecule has 2 unspecified atom stereocenters. The maximum absolute atomic E-state index is 10.3. The Kier molecular flexibility index (Phi) is 4.25. The fourth-order valence-corrected chi connectivity index (χ4v) is 3.40.